The number of esters is 1. The van der Waals surface area contributed by atoms with Gasteiger partial charge in [0.25, 0.3) is 0 Å². The molecule has 0 saturated carbocycles. The molecule has 1 rings (SSSR count). The lowest BCUT2D eigenvalue weighted by Gasteiger charge is -2.21. The molecule has 1 heterocycles. The van der Waals surface area contributed by atoms with Crippen LogP contribution < -0.4 is 5.32 Å². The number of nitrogens with zero attached hydrogens (tertiary/aromatic N) is 2. The number of aliphatic imine (C=N–C) groups is 1. The van der Waals surface area contributed by atoms with Crippen LogP contribution >= 0.6 is 0 Å². The monoisotopic (exact) mass is 333 g/mol. The van der Waals surface area contributed by atoms with E-state index in [1.807, 2.05) is 18.7 Å². The smallest absolute Gasteiger partial charge is 0.310 e. The molecule has 1 aliphatic heterocycles. The molecule has 1 N–H and O–H groups in total. The van der Waals surface area contributed by atoms with Crippen LogP contribution in [0.4, 0.5) is 0 Å². The van der Waals surface area contributed by atoms with Gasteiger partial charge < -0.3 is 15.0 Å². The van der Waals surface area contributed by atoms with Crippen LogP contribution in [-0.2, 0) is 19.4 Å². The first-order valence-corrected chi connectivity index (χ1v) is 9.48. The van der Waals surface area contributed by atoms with Gasteiger partial charge in [-0.25, -0.2) is 8.42 Å². The Labute approximate surface area is 133 Å². The first kappa shape index (κ1) is 18.7. The van der Waals surface area contributed by atoms with Crippen molar-refractivity contribution in [3.8, 4) is 0 Å². The minimum Gasteiger partial charge on any atom is -0.469 e. The third kappa shape index (κ3) is 5.15. The predicted molar refractivity (Wildman–Crippen MR) is 86.5 cm³/mol. The van der Waals surface area contributed by atoms with Crippen molar-refractivity contribution >= 4 is 21.8 Å². The van der Waals surface area contributed by atoms with Crippen LogP contribution in [0, 0.1) is 11.8 Å². The van der Waals surface area contributed by atoms with Gasteiger partial charge in [0, 0.05) is 25.4 Å². The van der Waals surface area contributed by atoms with Crippen molar-refractivity contribution in [2.24, 2.45) is 16.8 Å². The fourth-order valence-corrected chi connectivity index (χ4v) is 3.12. The highest BCUT2D eigenvalue weighted by atomic mass is 32.2. The Kier molecular flexibility index (Phi) is 7.12. The lowest BCUT2D eigenvalue weighted by Crippen LogP contribution is -2.41. The van der Waals surface area contributed by atoms with E-state index in [2.05, 4.69) is 10.3 Å². The van der Waals surface area contributed by atoms with Crippen LogP contribution in [0.15, 0.2) is 4.99 Å². The van der Waals surface area contributed by atoms with E-state index < -0.39 is 9.84 Å². The number of hydrogen-bond acceptors (Lipinski definition) is 5. The van der Waals surface area contributed by atoms with Gasteiger partial charge in [0.2, 0.25) is 0 Å². The summed E-state index contributed by atoms with van der Waals surface area (Å²) >= 11 is 0. The van der Waals surface area contributed by atoms with Crippen molar-refractivity contribution in [3.63, 3.8) is 0 Å². The van der Waals surface area contributed by atoms with Crippen LogP contribution in [0.5, 0.6) is 0 Å². The third-order valence-corrected chi connectivity index (χ3v) is 5.54. The Morgan fingerprint density at radius 2 is 2.05 bits per heavy atom. The first-order chi connectivity index (χ1) is 10.3. The molecule has 0 aliphatic carbocycles. The molecule has 1 fully saturated rings. The lowest BCUT2D eigenvalue weighted by atomic mass is 9.99. The average Bonchev–Trinajstić information content (AvgIpc) is 2.87. The average molecular weight is 333 g/mol. The number of likely N-dealkylation sites (tertiary alicyclic amines) is 1. The van der Waals surface area contributed by atoms with Crippen molar-refractivity contribution in [2.75, 3.05) is 44.8 Å². The summed E-state index contributed by atoms with van der Waals surface area (Å²) in [6, 6.07) is 0. The highest BCUT2D eigenvalue weighted by Gasteiger charge is 2.36. The van der Waals surface area contributed by atoms with E-state index in [0.717, 1.165) is 0 Å². The molecule has 2 atom stereocenters. The van der Waals surface area contributed by atoms with Gasteiger partial charge in [0.05, 0.1) is 25.3 Å². The summed E-state index contributed by atoms with van der Waals surface area (Å²) in [5.41, 5.74) is 0. The molecule has 0 radical (unpaired) electrons. The Balaban J connectivity index is 2.73. The van der Waals surface area contributed by atoms with E-state index in [4.69, 9.17) is 4.74 Å². The first-order valence-electron chi connectivity index (χ1n) is 7.66. The van der Waals surface area contributed by atoms with Crippen LogP contribution in [0.2, 0.25) is 0 Å². The molecule has 0 spiro atoms. The lowest BCUT2D eigenvalue weighted by molar-refractivity contribution is -0.145. The SMILES string of the molecule is CCNC(=NCCS(=O)(=O)CC)N1CC(C)C(C(=O)OC)C1. The van der Waals surface area contributed by atoms with E-state index in [9.17, 15) is 13.2 Å². The van der Waals surface area contributed by atoms with Crippen molar-refractivity contribution < 1.29 is 17.9 Å². The largest absolute Gasteiger partial charge is 0.469 e. The van der Waals surface area contributed by atoms with Crippen molar-refractivity contribution in [2.45, 2.75) is 20.8 Å². The summed E-state index contributed by atoms with van der Waals surface area (Å²) in [7, 11) is -1.62. The molecular weight excluding hydrogens is 306 g/mol. The van der Waals surface area contributed by atoms with E-state index >= 15 is 0 Å². The summed E-state index contributed by atoms with van der Waals surface area (Å²) in [5, 5.41) is 3.16. The number of ether oxygens (including phenoxy) is 1. The highest BCUT2D eigenvalue weighted by Crippen LogP contribution is 2.24. The van der Waals surface area contributed by atoms with Crippen LogP contribution in [0.1, 0.15) is 20.8 Å². The molecule has 0 bridgehead atoms. The van der Waals surface area contributed by atoms with Crippen LogP contribution in [-0.4, -0.2) is 70.0 Å². The number of carbonyl (C=O) groups is 1. The van der Waals surface area contributed by atoms with Gasteiger partial charge >= 0.3 is 5.97 Å². The summed E-state index contributed by atoms with van der Waals surface area (Å²) < 4.78 is 27.9. The second-order valence-electron chi connectivity index (χ2n) is 5.48. The number of guanidine groups is 1. The minimum atomic E-state index is -3.02. The van der Waals surface area contributed by atoms with Gasteiger partial charge in [-0.05, 0) is 12.8 Å². The normalized spacial score (nSPS) is 22.7. The highest BCUT2D eigenvalue weighted by molar-refractivity contribution is 7.91. The number of rotatable bonds is 6. The molecule has 0 aromatic rings. The van der Waals surface area contributed by atoms with Crippen LogP contribution in [0.3, 0.4) is 0 Å². The Hall–Kier alpha value is -1.31. The van der Waals surface area contributed by atoms with E-state index in [-0.39, 0.29) is 35.9 Å². The number of methoxy groups -OCH3 is 1. The van der Waals surface area contributed by atoms with Gasteiger partial charge in [-0.1, -0.05) is 13.8 Å². The van der Waals surface area contributed by atoms with Gasteiger partial charge in [-0.3, -0.25) is 9.79 Å². The summed E-state index contributed by atoms with van der Waals surface area (Å²) in [6.45, 7) is 7.75. The Morgan fingerprint density at radius 1 is 1.36 bits per heavy atom. The minimum absolute atomic E-state index is 0.0439. The molecular formula is C14H27N3O4S. The molecule has 8 heteroatoms. The maximum absolute atomic E-state index is 11.7. The van der Waals surface area contributed by atoms with E-state index in [0.29, 0.717) is 25.6 Å². The van der Waals surface area contributed by atoms with Crippen LogP contribution in [0.25, 0.3) is 0 Å². The quantitative estimate of drug-likeness (QED) is 0.422. The third-order valence-electron chi connectivity index (χ3n) is 3.85. The maximum atomic E-state index is 11.7. The zero-order valence-corrected chi connectivity index (χ0v) is 14.6. The zero-order valence-electron chi connectivity index (χ0n) is 13.8. The molecule has 7 nitrogen and oxygen atoms in total. The molecule has 0 aromatic carbocycles. The van der Waals surface area contributed by atoms with E-state index in [1.54, 1.807) is 6.92 Å². The molecule has 1 aliphatic rings. The molecule has 22 heavy (non-hydrogen) atoms. The van der Waals surface area contributed by atoms with Gasteiger partial charge in [0.15, 0.2) is 15.8 Å². The fourth-order valence-electron chi connectivity index (χ4n) is 2.46. The fraction of sp³-hybridized carbons (Fsp3) is 0.857. The van der Waals surface area contributed by atoms with Crippen molar-refractivity contribution in [1.29, 1.82) is 0 Å². The predicted octanol–water partition coefficient (Wildman–Crippen LogP) is 0.128. The number of carbonyl (C=O) groups excluding carboxylic acids is 1. The van der Waals surface area contributed by atoms with Gasteiger partial charge in [-0.15, -0.1) is 0 Å². The maximum Gasteiger partial charge on any atom is 0.310 e. The number of sulfone groups is 1. The second-order valence-corrected chi connectivity index (χ2v) is 7.96. The van der Waals surface area contributed by atoms with Crippen molar-refractivity contribution in [1.82, 2.24) is 10.2 Å². The molecule has 128 valence electrons. The Morgan fingerprint density at radius 3 is 2.59 bits per heavy atom. The molecule has 2 unspecified atom stereocenters. The molecule has 0 aromatic heterocycles. The zero-order chi connectivity index (χ0) is 16.8. The van der Waals surface area contributed by atoms with Crippen molar-refractivity contribution in [3.05, 3.63) is 0 Å². The Bertz CT molecular complexity index is 504. The van der Waals surface area contributed by atoms with E-state index in [1.165, 1.54) is 7.11 Å². The number of nitrogens with one attached hydrogen (secondary N) is 1. The molecule has 1 saturated heterocycles. The summed E-state index contributed by atoms with van der Waals surface area (Å²) in [4.78, 5) is 18.1. The summed E-state index contributed by atoms with van der Waals surface area (Å²) in [6.07, 6.45) is 0. The summed E-state index contributed by atoms with van der Waals surface area (Å²) in [5.74, 6) is 0.627. The second kappa shape index (κ2) is 8.36. The number of hydrogen-bond donors (Lipinski definition) is 1. The van der Waals surface area contributed by atoms with Gasteiger partial charge in [0.1, 0.15) is 0 Å². The standard InChI is InChI=1S/C14H27N3O4S/c1-5-15-14(16-7-8-22(19,20)6-2)17-9-11(3)12(10-17)13(18)21-4/h11-12H,5-10H2,1-4H3,(H,15,16). The van der Waals surface area contributed by atoms with Gasteiger partial charge in [-0.2, -0.15) is 0 Å². The topological polar surface area (TPSA) is 88.1 Å². The molecule has 0 amide bonds.